The van der Waals surface area contributed by atoms with E-state index in [0.29, 0.717) is 22.7 Å². The van der Waals surface area contributed by atoms with Gasteiger partial charge >= 0.3 is 0 Å². The number of hydrogen-bond acceptors (Lipinski definition) is 2. The lowest BCUT2D eigenvalue weighted by Gasteiger charge is -2.04. The molecule has 0 amide bonds. The van der Waals surface area contributed by atoms with Crippen LogP contribution in [-0.2, 0) is 0 Å². The van der Waals surface area contributed by atoms with E-state index < -0.39 is 0 Å². The Labute approximate surface area is 127 Å². The summed E-state index contributed by atoms with van der Waals surface area (Å²) in [7, 11) is 0. The third-order valence-corrected chi connectivity index (χ3v) is 3.91. The number of rotatable bonds is 10. The van der Waals surface area contributed by atoms with Crippen molar-refractivity contribution in [2.75, 3.05) is 5.73 Å². The van der Waals surface area contributed by atoms with E-state index in [9.17, 15) is 4.79 Å². The van der Waals surface area contributed by atoms with Gasteiger partial charge in [0.05, 0.1) is 10.7 Å². The van der Waals surface area contributed by atoms with Crippen LogP contribution in [0.4, 0.5) is 5.69 Å². The van der Waals surface area contributed by atoms with Crippen LogP contribution in [0.25, 0.3) is 0 Å². The topological polar surface area (TPSA) is 43.1 Å². The second-order valence-electron chi connectivity index (χ2n) is 5.38. The number of nitrogen functional groups attached to an aromatic ring is 1. The van der Waals surface area contributed by atoms with E-state index in [-0.39, 0.29) is 5.78 Å². The summed E-state index contributed by atoms with van der Waals surface area (Å²) in [5.41, 5.74) is 6.83. The fraction of sp³-hybridized carbons (Fsp3) is 0.588. The van der Waals surface area contributed by atoms with Crippen LogP contribution in [0.15, 0.2) is 18.2 Å². The Morgan fingerprint density at radius 2 is 1.65 bits per heavy atom. The number of benzene rings is 1. The summed E-state index contributed by atoms with van der Waals surface area (Å²) in [5.74, 6) is 0.165. The molecule has 1 aromatic carbocycles. The average Bonchev–Trinajstić information content (AvgIpc) is 2.44. The maximum Gasteiger partial charge on any atom is 0.162 e. The molecule has 2 nitrogen and oxygen atoms in total. The maximum absolute atomic E-state index is 12.0. The predicted molar refractivity (Wildman–Crippen MR) is 87.4 cm³/mol. The zero-order valence-corrected chi connectivity index (χ0v) is 13.2. The largest absolute Gasteiger partial charge is 0.398 e. The van der Waals surface area contributed by atoms with Gasteiger partial charge in [0.25, 0.3) is 0 Å². The molecule has 0 spiro atoms. The van der Waals surface area contributed by atoms with Gasteiger partial charge in [-0.05, 0) is 24.6 Å². The molecule has 1 rings (SSSR count). The minimum atomic E-state index is 0.165. The average molecular weight is 296 g/mol. The number of hydrogen-bond donors (Lipinski definition) is 1. The normalized spacial score (nSPS) is 10.7. The Hall–Kier alpha value is -1.02. The Morgan fingerprint density at radius 3 is 2.25 bits per heavy atom. The third kappa shape index (κ3) is 6.42. The molecule has 0 unspecified atom stereocenters. The van der Waals surface area contributed by atoms with E-state index in [4.69, 9.17) is 17.3 Å². The van der Waals surface area contributed by atoms with Crippen molar-refractivity contribution in [1.29, 1.82) is 0 Å². The molecule has 3 heteroatoms. The smallest absolute Gasteiger partial charge is 0.162 e. The van der Waals surface area contributed by atoms with Crippen molar-refractivity contribution in [3.05, 3.63) is 28.8 Å². The molecule has 0 saturated heterocycles. The molecule has 0 aliphatic rings. The predicted octanol–water partition coefficient (Wildman–Crippen LogP) is 5.64. The Bertz CT molecular complexity index is 417. The second-order valence-corrected chi connectivity index (χ2v) is 5.79. The minimum absolute atomic E-state index is 0.165. The molecular formula is C17H26ClNO. The monoisotopic (exact) mass is 295 g/mol. The Morgan fingerprint density at radius 1 is 1.05 bits per heavy atom. The van der Waals surface area contributed by atoms with Crippen LogP contribution in [0.5, 0.6) is 0 Å². The molecule has 0 aliphatic carbocycles. The van der Waals surface area contributed by atoms with Crippen molar-refractivity contribution in [2.24, 2.45) is 0 Å². The van der Waals surface area contributed by atoms with Gasteiger partial charge in [-0.25, -0.2) is 0 Å². The lowest BCUT2D eigenvalue weighted by Crippen LogP contribution is -2.00. The van der Waals surface area contributed by atoms with E-state index in [1.807, 2.05) is 0 Å². The SMILES string of the molecule is CCCCCCCCCCC(=O)c1ccc(N)c(Cl)c1. The summed E-state index contributed by atoms with van der Waals surface area (Å²) in [6.45, 7) is 2.23. The van der Waals surface area contributed by atoms with Gasteiger partial charge in [0.15, 0.2) is 5.78 Å². The minimum Gasteiger partial charge on any atom is -0.398 e. The van der Waals surface area contributed by atoms with E-state index in [0.717, 1.165) is 12.8 Å². The van der Waals surface area contributed by atoms with Gasteiger partial charge in [-0.15, -0.1) is 0 Å². The summed E-state index contributed by atoms with van der Waals surface area (Å²) >= 11 is 5.92. The van der Waals surface area contributed by atoms with E-state index >= 15 is 0 Å². The molecule has 0 radical (unpaired) electrons. The van der Waals surface area contributed by atoms with Crippen molar-refractivity contribution in [1.82, 2.24) is 0 Å². The van der Waals surface area contributed by atoms with E-state index in [1.54, 1.807) is 18.2 Å². The van der Waals surface area contributed by atoms with Crippen LogP contribution < -0.4 is 5.73 Å². The number of halogens is 1. The Kier molecular flexibility index (Phi) is 8.36. The highest BCUT2D eigenvalue weighted by molar-refractivity contribution is 6.33. The van der Waals surface area contributed by atoms with Gasteiger partial charge in [0.2, 0.25) is 0 Å². The van der Waals surface area contributed by atoms with Gasteiger partial charge < -0.3 is 5.73 Å². The maximum atomic E-state index is 12.0. The number of unbranched alkanes of at least 4 members (excludes halogenated alkanes) is 7. The quantitative estimate of drug-likeness (QED) is 0.345. The summed E-state index contributed by atoms with van der Waals surface area (Å²) in [6, 6.07) is 5.13. The first-order chi connectivity index (χ1) is 9.65. The summed E-state index contributed by atoms with van der Waals surface area (Å²) < 4.78 is 0. The van der Waals surface area contributed by atoms with E-state index in [2.05, 4.69) is 6.92 Å². The second kappa shape index (κ2) is 9.82. The summed E-state index contributed by atoms with van der Waals surface area (Å²) in [5, 5.41) is 0.465. The Balaban J connectivity index is 2.15. The number of nitrogens with two attached hydrogens (primary N) is 1. The molecule has 0 saturated carbocycles. The van der Waals surface area contributed by atoms with Gasteiger partial charge in [0.1, 0.15) is 0 Å². The van der Waals surface area contributed by atoms with Crippen molar-refractivity contribution in [3.8, 4) is 0 Å². The third-order valence-electron chi connectivity index (χ3n) is 3.58. The molecule has 20 heavy (non-hydrogen) atoms. The molecule has 112 valence electrons. The molecule has 2 N–H and O–H groups in total. The zero-order chi connectivity index (χ0) is 14.8. The first-order valence-corrected chi connectivity index (χ1v) is 8.11. The molecule has 0 atom stereocenters. The zero-order valence-electron chi connectivity index (χ0n) is 12.5. The van der Waals surface area contributed by atoms with Crippen LogP contribution in [0.2, 0.25) is 5.02 Å². The van der Waals surface area contributed by atoms with Crippen molar-refractivity contribution < 1.29 is 4.79 Å². The molecule has 0 aromatic heterocycles. The molecule has 0 bridgehead atoms. The van der Waals surface area contributed by atoms with Crippen molar-refractivity contribution >= 4 is 23.1 Å². The number of ketones is 1. The molecule has 0 fully saturated rings. The standard InChI is InChI=1S/C17H26ClNO/c1-2-3-4-5-6-7-8-9-10-17(20)14-11-12-16(19)15(18)13-14/h11-13H,2-10,19H2,1H3. The number of anilines is 1. The lowest BCUT2D eigenvalue weighted by atomic mass is 10.0. The van der Waals surface area contributed by atoms with Crippen LogP contribution in [0.1, 0.15) is 75.1 Å². The highest BCUT2D eigenvalue weighted by Gasteiger charge is 2.07. The van der Waals surface area contributed by atoms with Gasteiger partial charge in [-0.3, -0.25) is 4.79 Å². The highest BCUT2D eigenvalue weighted by atomic mass is 35.5. The van der Waals surface area contributed by atoms with Crippen LogP contribution in [-0.4, -0.2) is 5.78 Å². The van der Waals surface area contributed by atoms with Crippen LogP contribution >= 0.6 is 11.6 Å². The lowest BCUT2D eigenvalue weighted by molar-refractivity contribution is 0.0979. The highest BCUT2D eigenvalue weighted by Crippen LogP contribution is 2.21. The fourth-order valence-corrected chi connectivity index (χ4v) is 2.44. The molecule has 0 aliphatic heterocycles. The summed E-state index contributed by atoms with van der Waals surface area (Å²) in [4.78, 5) is 12.0. The van der Waals surface area contributed by atoms with Gasteiger partial charge in [-0.2, -0.15) is 0 Å². The van der Waals surface area contributed by atoms with Crippen LogP contribution in [0.3, 0.4) is 0 Å². The molecule has 1 aromatic rings. The molecule has 0 heterocycles. The number of carbonyl (C=O) groups excluding carboxylic acids is 1. The number of Topliss-reactive ketones (excluding diaryl/α,β-unsaturated/α-hetero) is 1. The van der Waals surface area contributed by atoms with Crippen molar-refractivity contribution in [3.63, 3.8) is 0 Å². The van der Waals surface area contributed by atoms with Gasteiger partial charge in [-0.1, -0.05) is 63.5 Å². The van der Waals surface area contributed by atoms with Crippen molar-refractivity contribution in [2.45, 2.75) is 64.7 Å². The first kappa shape index (κ1) is 17.0. The van der Waals surface area contributed by atoms with Gasteiger partial charge in [0, 0.05) is 12.0 Å². The fourth-order valence-electron chi connectivity index (χ4n) is 2.26. The van der Waals surface area contributed by atoms with E-state index in [1.165, 1.54) is 38.5 Å². The first-order valence-electron chi connectivity index (χ1n) is 7.73. The molecular weight excluding hydrogens is 270 g/mol. The van der Waals surface area contributed by atoms with Crippen LogP contribution in [0, 0.1) is 0 Å². The summed E-state index contributed by atoms with van der Waals surface area (Å²) in [6.07, 6.45) is 10.6. The number of carbonyl (C=O) groups is 1.